The molecule has 0 N–H and O–H groups in total. The highest BCUT2D eigenvalue weighted by molar-refractivity contribution is 14.1. The molecule has 10 heavy (non-hydrogen) atoms. The van der Waals surface area contributed by atoms with Crippen molar-refractivity contribution in [2.75, 3.05) is 0 Å². The van der Waals surface area contributed by atoms with Crippen LogP contribution in [0.25, 0.3) is 0 Å². The normalized spacial score (nSPS) is 9.80. The standard InChI is InChI=1S/C8H10IN/c1-2-3-7-4-8(9)6-10-5-7/h4-6H,2-3H2,1H3. The molecule has 1 nitrogen and oxygen atoms in total. The van der Waals surface area contributed by atoms with Gasteiger partial charge in [0.1, 0.15) is 0 Å². The van der Waals surface area contributed by atoms with E-state index in [9.17, 15) is 0 Å². The first kappa shape index (κ1) is 7.98. The molecule has 0 aliphatic carbocycles. The molecular weight excluding hydrogens is 237 g/mol. The van der Waals surface area contributed by atoms with Crippen LogP contribution in [0, 0.1) is 3.57 Å². The lowest BCUT2D eigenvalue weighted by Gasteiger charge is -1.96. The van der Waals surface area contributed by atoms with Gasteiger partial charge in [-0.25, -0.2) is 0 Å². The van der Waals surface area contributed by atoms with Crippen LogP contribution >= 0.6 is 22.6 Å². The Morgan fingerprint density at radius 1 is 1.50 bits per heavy atom. The molecule has 0 saturated carbocycles. The van der Waals surface area contributed by atoms with Gasteiger partial charge in [0.15, 0.2) is 0 Å². The fourth-order valence-electron chi connectivity index (χ4n) is 0.881. The number of nitrogens with zero attached hydrogens (tertiary/aromatic N) is 1. The topological polar surface area (TPSA) is 12.9 Å². The molecule has 1 aromatic rings. The Kier molecular flexibility index (Phi) is 3.12. The van der Waals surface area contributed by atoms with E-state index in [4.69, 9.17) is 0 Å². The minimum absolute atomic E-state index is 1.14. The first-order valence-electron chi connectivity index (χ1n) is 3.42. The van der Waals surface area contributed by atoms with Gasteiger partial charge in [0.2, 0.25) is 0 Å². The summed E-state index contributed by atoms with van der Waals surface area (Å²) in [5, 5.41) is 0. The second kappa shape index (κ2) is 3.91. The van der Waals surface area contributed by atoms with E-state index in [-0.39, 0.29) is 0 Å². The summed E-state index contributed by atoms with van der Waals surface area (Å²) >= 11 is 2.28. The maximum atomic E-state index is 4.10. The lowest BCUT2D eigenvalue weighted by molar-refractivity contribution is 0.912. The molecule has 0 bridgehead atoms. The maximum absolute atomic E-state index is 4.10. The van der Waals surface area contributed by atoms with Crippen LogP contribution in [-0.2, 0) is 6.42 Å². The summed E-state index contributed by atoms with van der Waals surface area (Å²) in [7, 11) is 0. The Balaban J connectivity index is 2.75. The smallest absolute Gasteiger partial charge is 0.0401 e. The molecule has 0 amide bonds. The van der Waals surface area contributed by atoms with Gasteiger partial charge in [0.25, 0.3) is 0 Å². The third-order valence-corrected chi connectivity index (χ3v) is 1.89. The molecule has 0 aliphatic heterocycles. The Morgan fingerprint density at radius 2 is 2.30 bits per heavy atom. The van der Waals surface area contributed by atoms with Gasteiger partial charge in [-0.3, -0.25) is 4.98 Å². The molecule has 0 spiro atoms. The number of pyridine rings is 1. The number of aryl methyl sites for hydroxylation is 1. The van der Waals surface area contributed by atoms with Crippen LogP contribution in [0.1, 0.15) is 18.9 Å². The highest BCUT2D eigenvalue weighted by atomic mass is 127. The van der Waals surface area contributed by atoms with E-state index in [1.165, 1.54) is 15.6 Å². The van der Waals surface area contributed by atoms with Crippen molar-refractivity contribution >= 4 is 22.6 Å². The highest BCUT2D eigenvalue weighted by Gasteiger charge is 1.91. The number of rotatable bonds is 2. The van der Waals surface area contributed by atoms with Crippen molar-refractivity contribution in [3.8, 4) is 0 Å². The van der Waals surface area contributed by atoms with Gasteiger partial charge in [0, 0.05) is 16.0 Å². The Morgan fingerprint density at radius 3 is 2.90 bits per heavy atom. The SMILES string of the molecule is CCCc1cncc(I)c1. The van der Waals surface area contributed by atoms with Crippen LogP contribution < -0.4 is 0 Å². The fraction of sp³-hybridized carbons (Fsp3) is 0.375. The third-order valence-electron chi connectivity index (χ3n) is 1.30. The number of halogens is 1. The molecule has 2 heteroatoms. The van der Waals surface area contributed by atoms with E-state index in [2.05, 4.69) is 40.6 Å². The first-order chi connectivity index (χ1) is 4.83. The van der Waals surface area contributed by atoms with E-state index in [0.29, 0.717) is 0 Å². The van der Waals surface area contributed by atoms with E-state index in [1.54, 1.807) is 0 Å². The minimum atomic E-state index is 1.14. The molecule has 0 fully saturated rings. The molecule has 0 aliphatic rings. The van der Waals surface area contributed by atoms with Crippen LogP contribution in [0.5, 0.6) is 0 Å². The first-order valence-corrected chi connectivity index (χ1v) is 4.50. The summed E-state index contributed by atoms with van der Waals surface area (Å²) in [6.07, 6.45) is 6.15. The van der Waals surface area contributed by atoms with Crippen molar-refractivity contribution in [3.63, 3.8) is 0 Å². The molecule has 0 aromatic carbocycles. The van der Waals surface area contributed by atoms with Crippen molar-refractivity contribution < 1.29 is 0 Å². The summed E-state index contributed by atoms with van der Waals surface area (Å²) in [4.78, 5) is 4.10. The molecule has 54 valence electrons. The predicted octanol–water partition coefficient (Wildman–Crippen LogP) is 2.64. The highest BCUT2D eigenvalue weighted by Crippen LogP contribution is 2.06. The second-order valence-corrected chi connectivity index (χ2v) is 3.51. The van der Waals surface area contributed by atoms with Gasteiger partial charge in [-0.2, -0.15) is 0 Å². The van der Waals surface area contributed by atoms with Gasteiger partial charge < -0.3 is 0 Å². The lowest BCUT2D eigenvalue weighted by atomic mass is 10.2. The van der Waals surface area contributed by atoms with E-state index in [1.807, 2.05) is 12.4 Å². The summed E-state index contributed by atoms with van der Waals surface area (Å²) in [6.45, 7) is 2.18. The van der Waals surface area contributed by atoms with Crippen LogP contribution in [0.15, 0.2) is 18.5 Å². The quantitative estimate of drug-likeness (QED) is 0.732. The fourth-order valence-corrected chi connectivity index (χ4v) is 1.44. The largest absolute Gasteiger partial charge is 0.263 e. The maximum Gasteiger partial charge on any atom is 0.0401 e. The number of aromatic nitrogens is 1. The van der Waals surface area contributed by atoms with Crippen molar-refractivity contribution in [3.05, 3.63) is 27.6 Å². The van der Waals surface area contributed by atoms with Crippen LogP contribution in [0.2, 0.25) is 0 Å². The average Bonchev–Trinajstić information content (AvgIpc) is 1.88. The zero-order valence-corrected chi connectivity index (χ0v) is 8.13. The van der Waals surface area contributed by atoms with E-state index in [0.717, 1.165) is 6.42 Å². The zero-order valence-electron chi connectivity index (χ0n) is 5.97. The van der Waals surface area contributed by atoms with E-state index >= 15 is 0 Å². The molecule has 1 aromatic heterocycles. The average molecular weight is 247 g/mol. The Hall–Kier alpha value is -0.120. The van der Waals surface area contributed by atoms with Gasteiger partial charge >= 0.3 is 0 Å². The molecule has 0 saturated heterocycles. The lowest BCUT2D eigenvalue weighted by Crippen LogP contribution is -1.85. The monoisotopic (exact) mass is 247 g/mol. The second-order valence-electron chi connectivity index (χ2n) is 2.26. The van der Waals surface area contributed by atoms with Crippen LogP contribution in [-0.4, -0.2) is 4.98 Å². The van der Waals surface area contributed by atoms with Crippen molar-refractivity contribution in [2.24, 2.45) is 0 Å². The zero-order chi connectivity index (χ0) is 7.40. The number of hydrogen-bond donors (Lipinski definition) is 0. The van der Waals surface area contributed by atoms with Gasteiger partial charge in [0.05, 0.1) is 0 Å². The molecule has 0 unspecified atom stereocenters. The van der Waals surface area contributed by atoms with Crippen molar-refractivity contribution in [1.29, 1.82) is 0 Å². The Labute approximate surface area is 75.0 Å². The van der Waals surface area contributed by atoms with Gasteiger partial charge in [-0.15, -0.1) is 0 Å². The summed E-state index contributed by atoms with van der Waals surface area (Å²) in [6, 6.07) is 2.18. The summed E-state index contributed by atoms with van der Waals surface area (Å²) in [5.74, 6) is 0. The van der Waals surface area contributed by atoms with Gasteiger partial charge in [-0.05, 0) is 40.6 Å². The van der Waals surface area contributed by atoms with Crippen LogP contribution in [0.4, 0.5) is 0 Å². The summed E-state index contributed by atoms with van der Waals surface area (Å²) < 4.78 is 1.23. The minimum Gasteiger partial charge on any atom is -0.263 e. The molecular formula is C8H10IN. The predicted molar refractivity (Wildman–Crippen MR) is 50.9 cm³/mol. The summed E-state index contributed by atoms with van der Waals surface area (Å²) in [5.41, 5.74) is 1.34. The molecule has 0 atom stereocenters. The molecule has 1 rings (SSSR count). The third kappa shape index (κ3) is 2.25. The van der Waals surface area contributed by atoms with E-state index < -0.39 is 0 Å². The molecule has 1 heterocycles. The van der Waals surface area contributed by atoms with Gasteiger partial charge in [-0.1, -0.05) is 13.3 Å². The number of hydrogen-bond acceptors (Lipinski definition) is 1. The van der Waals surface area contributed by atoms with Crippen LogP contribution in [0.3, 0.4) is 0 Å². The van der Waals surface area contributed by atoms with Crippen molar-refractivity contribution in [1.82, 2.24) is 4.98 Å². The Bertz CT molecular complexity index is 210. The molecule has 0 radical (unpaired) electrons. The van der Waals surface area contributed by atoms with Crippen molar-refractivity contribution in [2.45, 2.75) is 19.8 Å².